The van der Waals surface area contributed by atoms with Crippen molar-refractivity contribution < 1.29 is 9.53 Å². The van der Waals surface area contributed by atoms with E-state index in [1.807, 2.05) is 24.4 Å². The summed E-state index contributed by atoms with van der Waals surface area (Å²) in [5.41, 5.74) is 0.576. The highest BCUT2D eigenvalue weighted by molar-refractivity contribution is 7.15. The Morgan fingerprint density at radius 2 is 2.05 bits per heavy atom. The molecular weight excluding hydrogens is 284 g/mol. The van der Waals surface area contributed by atoms with Crippen LogP contribution in [0.3, 0.4) is 0 Å². The van der Waals surface area contributed by atoms with Gasteiger partial charge in [0.1, 0.15) is 5.75 Å². The van der Waals surface area contributed by atoms with Crippen LogP contribution >= 0.6 is 11.3 Å². The van der Waals surface area contributed by atoms with Gasteiger partial charge in [-0.1, -0.05) is 12.1 Å². The summed E-state index contributed by atoms with van der Waals surface area (Å²) in [5, 5.41) is 3.55. The number of rotatable bonds is 5. The van der Waals surface area contributed by atoms with Crippen LogP contribution in [0.4, 0.5) is 5.13 Å². The van der Waals surface area contributed by atoms with Crippen molar-refractivity contribution in [3.63, 3.8) is 0 Å². The van der Waals surface area contributed by atoms with Gasteiger partial charge in [-0.2, -0.15) is 0 Å². The van der Waals surface area contributed by atoms with E-state index in [4.69, 9.17) is 4.74 Å². The predicted octanol–water partition coefficient (Wildman–Crippen LogP) is 3.81. The lowest BCUT2D eigenvalue weighted by atomic mass is 10.2. The van der Waals surface area contributed by atoms with Gasteiger partial charge in [0.25, 0.3) is 5.91 Å². The van der Waals surface area contributed by atoms with Gasteiger partial charge < -0.3 is 4.74 Å². The molecule has 1 aromatic heterocycles. The van der Waals surface area contributed by atoms with Gasteiger partial charge >= 0.3 is 0 Å². The molecule has 0 bridgehead atoms. The Morgan fingerprint density at radius 3 is 2.81 bits per heavy atom. The highest BCUT2D eigenvalue weighted by Gasteiger charge is 2.27. The lowest BCUT2D eigenvalue weighted by Gasteiger charge is -2.09. The van der Waals surface area contributed by atoms with E-state index in [2.05, 4.69) is 10.3 Å². The number of para-hydroxylation sites is 1. The number of anilines is 1. The van der Waals surface area contributed by atoms with Gasteiger partial charge in [-0.05, 0) is 43.7 Å². The van der Waals surface area contributed by atoms with Crippen LogP contribution in [0.25, 0.3) is 0 Å². The maximum absolute atomic E-state index is 12.4. The monoisotopic (exact) mass is 300 g/mol. The molecule has 4 rings (SSSR count). The predicted molar refractivity (Wildman–Crippen MR) is 82.1 cm³/mol. The zero-order chi connectivity index (χ0) is 14.2. The summed E-state index contributed by atoms with van der Waals surface area (Å²) in [4.78, 5) is 18.0. The molecule has 0 spiro atoms. The minimum absolute atomic E-state index is 0.150. The number of nitrogens with one attached hydrogen (secondary N) is 1. The van der Waals surface area contributed by atoms with Gasteiger partial charge in [-0.15, -0.1) is 11.3 Å². The summed E-state index contributed by atoms with van der Waals surface area (Å²) in [6.07, 6.45) is 6.80. The molecular formula is C16H16N2O2S. The van der Waals surface area contributed by atoms with Crippen molar-refractivity contribution in [1.29, 1.82) is 0 Å². The van der Waals surface area contributed by atoms with Crippen LogP contribution in [-0.2, 0) is 0 Å². The molecule has 1 N–H and O–H groups in total. The third-order valence-electron chi connectivity index (χ3n) is 3.67. The molecule has 2 aliphatic carbocycles. The fourth-order valence-electron chi connectivity index (χ4n) is 2.19. The van der Waals surface area contributed by atoms with Gasteiger partial charge in [0, 0.05) is 11.1 Å². The first kappa shape index (κ1) is 12.8. The maximum Gasteiger partial charge on any atom is 0.261 e. The number of aromatic nitrogens is 1. The molecule has 0 radical (unpaired) electrons. The van der Waals surface area contributed by atoms with E-state index in [1.54, 1.807) is 17.4 Å². The number of thiazole rings is 1. The largest absolute Gasteiger partial charge is 0.490 e. The summed E-state index contributed by atoms with van der Waals surface area (Å²) < 4.78 is 5.79. The van der Waals surface area contributed by atoms with Gasteiger partial charge in [-0.25, -0.2) is 4.98 Å². The van der Waals surface area contributed by atoms with E-state index in [-0.39, 0.29) is 12.0 Å². The first-order valence-electron chi connectivity index (χ1n) is 7.32. The number of carbonyl (C=O) groups excluding carboxylic acids is 1. The van der Waals surface area contributed by atoms with Gasteiger partial charge in [-0.3, -0.25) is 10.1 Å². The molecule has 21 heavy (non-hydrogen) atoms. The summed E-state index contributed by atoms with van der Waals surface area (Å²) in [6.45, 7) is 0. The molecule has 2 fully saturated rings. The second-order valence-electron chi connectivity index (χ2n) is 5.61. The van der Waals surface area contributed by atoms with Gasteiger partial charge in [0.05, 0.1) is 11.7 Å². The van der Waals surface area contributed by atoms with Crippen LogP contribution < -0.4 is 10.1 Å². The molecule has 0 atom stereocenters. The molecule has 0 unspecified atom stereocenters. The summed E-state index contributed by atoms with van der Waals surface area (Å²) in [6, 6.07) is 7.39. The van der Waals surface area contributed by atoms with E-state index >= 15 is 0 Å². The molecule has 2 aliphatic rings. The molecule has 1 heterocycles. The third kappa shape index (κ3) is 2.93. The topological polar surface area (TPSA) is 51.2 Å². The lowest BCUT2D eigenvalue weighted by Crippen LogP contribution is -2.13. The summed E-state index contributed by atoms with van der Waals surface area (Å²) in [7, 11) is 0. The van der Waals surface area contributed by atoms with E-state index in [0.29, 0.717) is 22.4 Å². The Morgan fingerprint density at radius 1 is 1.24 bits per heavy atom. The molecule has 1 aromatic carbocycles. The number of ether oxygens (including phenoxy) is 1. The lowest BCUT2D eigenvalue weighted by molar-refractivity contribution is 0.102. The molecule has 5 heteroatoms. The highest BCUT2D eigenvalue weighted by Crippen LogP contribution is 2.43. The van der Waals surface area contributed by atoms with E-state index in [0.717, 1.165) is 12.8 Å². The van der Waals surface area contributed by atoms with Gasteiger partial charge in [0.15, 0.2) is 5.13 Å². The molecule has 4 nitrogen and oxygen atoms in total. The Balaban J connectivity index is 1.50. The van der Waals surface area contributed by atoms with E-state index in [1.165, 1.54) is 17.7 Å². The first-order chi connectivity index (χ1) is 10.3. The highest BCUT2D eigenvalue weighted by atomic mass is 32.1. The fourth-order valence-corrected chi connectivity index (χ4v) is 3.17. The zero-order valence-electron chi connectivity index (χ0n) is 11.5. The summed E-state index contributed by atoms with van der Waals surface area (Å²) in [5.74, 6) is 1.18. The maximum atomic E-state index is 12.4. The zero-order valence-corrected chi connectivity index (χ0v) is 12.4. The van der Waals surface area contributed by atoms with Gasteiger partial charge in [0.2, 0.25) is 0 Å². The molecule has 108 valence electrons. The molecule has 1 amide bonds. The number of nitrogens with zero attached hydrogens (tertiary/aromatic N) is 1. The van der Waals surface area contributed by atoms with Crippen LogP contribution in [0.5, 0.6) is 5.75 Å². The second kappa shape index (κ2) is 5.15. The number of carbonyl (C=O) groups is 1. The van der Waals surface area contributed by atoms with Crippen LogP contribution in [0.1, 0.15) is 46.8 Å². The third-order valence-corrected chi connectivity index (χ3v) is 4.75. The molecule has 0 saturated heterocycles. The van der Waals surface area contributed by atoms with Crippen molar-refractivity contribution in [2.75, 3.05) is 5.32 Å². The van der Waals surface area contributed by atoms with Crippen molar-refractivity contribution >= 4 is 22.4 Å². The molecule has 2 aromatic rings. The van der Waals surface area contributed by atoms with Crippen molar-refractivity contribution in [1.82, 2.24) is 4.98 Å². The quantitative estimate of drug-likeness (QED) is 0.913. The number of benzene rings is 1. The summed E-state index contributed by atoms with van der Waals surface area (Å²) >= 11 is 1.57. The Kier molecular flexibility index (Phi) is 3.15. The molecule has 0 aliphatic heterocycles. The van der Waals surface area contributed by atoms with Crippen molar-refractivity contribution in [3.8, 4) is 5.75 Å². The number of hydrogen-bond donors (Lipinski definition) is 1. The Labute approximate surface area is 127 Å². The van der Waals surface area contributed by atoms with Crippen LogP contribution in [0.15, 0.2) is 30.5 Å². The normalized spacial score (nSPS) is 17.5. The smallest absolute Gasteiger partial charge is 0.261 e. The first-order valence-corrected chi connectivity index (χ1v) is 8.14. The van der Waals surface area contributed by atoms with Crippen LogP contribution in [0.2, 0.25) is 0 Å². The van der Waals surface area contributed by atoms with Crippen LogP contribution in [-0.4, -0.2) is 17.0 Å². The second-order valence-corrected chi connectivity index (χ2v) is 6.67. The number of hydrogen-bond acceptors (Lipinski definition) is 4. The Bertz CT molecular complexity index is 674. The number of amides is 1. The van der Waals surface area contributed by atoms with Crippen molar-refractivity contribution in [2.45, 2.75) is 37.7 Å². The average Bonchev–Trinajstić information content (AvgIpc) is 3.41. The Hall–Kier alpha value is -1.88. The van der Waals surface area contributed by atoms with Crippen molar-refractivity contribution in [3.05, 3.63) is 40.9 Å². The van der Waals surface area contributed by atoms with Crippen LogP contribution in [0, 0.1) is 0 Å². The SMILES string of the molecule is O=C(Nc1ncc(C2CC2)s1)c1ccccc1OC1CC1. The van der Waals surface area contributed by atoms with E-state index in [9.17, 15) is 4.79 Å². The average molecular weight is 300 g/mol. The van der Waals surface area contributed by atoms with E-state index < -0.39 is 0 Å². The minimum Gasteiger partial charge on any atom is -0.490 e. The van der Waals surface area contributed by atoms with Crippen molar-refractivity contribution in [2.24, 2.45) is 0 Å². The standard InChI is InChI=1S/C16H16N2O2S/c19-15(18-16-17-9-14(21-16)10-5-6-10)12-3-1-2-4-13(12)20-11-7-8-11/h1-4,9-11H,5-8H2,(H,17,18,19). The minimum atomic E-state index is -0.150. The fraction of sp³-hybridized carbons (Fsp3) is 0.375. The molecule has 2 saturated carbocycles.